The maximum Gasteiger partial charge on any atom is 0.267 e. The molecule has 0 saturated heterocycles. The van der Waals surface area contributed by atoms with Gasteiger partial charge in [0, 0.05) is 29.6 Å². The maximum absolute atomic E-state index is 12.1. The third-order valence-electron chi connectivity index (χ3n) is 3.74. The van der Waals surface area contributed by atoms with Crippen LogP contribution in [0.2, 0.25) is 0 Å². The summed E-state index contributed by atoms with van der Waals surface area (Å²) in [5.74, 6) is -0.238. The molecule has 1 heterocycles. The second kappa shape index (κ2) is 7.46. The molecule has 0 atom stereocenters. The van der Waals surface area contributed by atoms with Crippen LogP contribution in [0.4, 0.5) is 0 Å². The summed E-state index contributed by atoms with van der Waals surface area (Å²) in [5.41, 5.74) is 2.13. The van der Waals surface area contributed by atoms with Crippen molar-refractivity contribution in [3.63, 3.8) is 0 Å². The largest absolute Gasteiger partial charge is 0.352 e. The van der Waals surface area contributed by atoms with Crippen molar-refractivity contribution in [3.05, 3.63) is 71.9 Å². The number of aromatic amines is 1. The zero-order valence-electron chi connectivity index (χ0n) is 13.2. The number of hydrogen-bond acceptors (Lipinski definition) is 2. The van der Waals surface area contributed by atoms with Gasteiger partial charge in [-0.1, -0.05) is 36.4 Å². The van der Waals surface area contributed by atoms with E-state index >= 15 is 0 Å². The van der Waals surface area contributed by atoms with E-state index in [1.165, 1.54) is 0 Å². The molecule has 0 radical (unpaired) electrons. The first-order valence-corrected chi connectivity index (χ1v) is 7.93. The van der Waals surface area contributed by atoms with Crippen molar-refractivity contribution in [3.8, 4) is 0 Å². The number of amides is 2. The number of nitrogens with one attached hydrogen (secondary N) is 3. The monoisotopic (exact) mass is 321 g/mol. The number of para-hydroxylation sites is 1. The van der Waals surface area contributed by atoms with E-state index in [1.807, 2.05) is 48.5 Å². The molecule has 3 N–H and O–H groups in total. The van der Waals surface area contributed by atoms with E-state index in [2.05, 4.69) is 15.6 Å². The van der Waals surface area contributed by atoms with Gasteiger partial charge in [-0.25, -0.2) is 0 Å². The van der Waals surface area contributed by atoms with E-state index in [0.29, 0.717) is 30.8 Å². The molecule has 24 heavy (non-hydrogen) atoms. The standard InChI is InChI=1S/C19H19N3O2/c23-18(14-7-2-1-3-8-14)20-11-6-12-21-19(24)17-13-15-9-4-5-10-16(15)22-17/h1-5,7-10,13,22H,6,11-12H2,(H,20,23)(H,21,24). The van der Waals surface area contributed by atoms with Crippen LogP contribution in [0.15, 0.2) is 60.7 Å². The Morgan fingerprint density at radius 3 is 2.25 bits per heavy atom. The quantitative estimate of drug-likeness (QED) is 0.611. The molecule has 0 aliphatic rings. The van der Waals surface area contributed by atoms with E-state index in [-0.39, 0.29) is 11.8 Å². The number of rotatable bonds is 6. The van der Waals surface area contributed by atoms with Crippen LogP contribution in [-0.2, 0) is 0 Å². The van der Waals surface area contributed by atoms with Crippen molar-refractivity contribution in [2.45, 2.75) is 6.42 Å². The first-order valence-electron chi connectivity index (χ1n) is 7.93. The lowest BCUT2D eigenvalue weighted by atomic mass is 10.2. The van der Waals surface area contributed by atoms with Crippen LogP contribution in [0.25, 0.3) is 10.9 Å². The highest BCUT2D eigenvalue weighted by molar-refractivity contribution is 5.98. The highest BCUT2D eigenvalue weighted by Gasteiger charge is 2.08. The van der Waals surface area contributed by atoms with Crippen LogP contribution < -0.4 is 10.6 Å². The topological polar surface area (TPSA) is 74.0 Å². The van der Waals surface area contributed by atoms with E-state index in [9.17, 15) is 9.59 Å². The SMILES string of the molecule is O=C(NCCCNC(=O)c1cc2ccccc2[nH]1)c1ccccc1. The summed E-state index contributed by atoms with van der Waals surface area (Å²) in [5, 5.41) is 6.70. The van der Waals surface area contributed by atoms with Gasteiger partial charge in [0.25, 0.3) is 11.8 Å². The Morgan fingerprint density at radius 1 is 0.833 bits per heavy atom. The molecule has 0 aliphatic heterocycles. The normalized spacial score (nSPS) is 10.5. The summed E-state index contributed by atoms with van der Waals surface area (Å²) < 4.78 is 0. The number of benzene rings is 2. The molecule has 5 nitrogen and oxygen atoms in total. The second-order valence-corrected chi connectivity index (χ2v) is 5.50. The van der Waals surface area contributed by atoms with Gasteiger partial charge < -0.3 is 15.6 Å². The highest BCUT2D eigenvalue weighted by atomic mass is 16.2. The Labute approximate surface area is 140 Å². The van der Waals surface area contributed by atoms with E-state index in [4.69, 9.17) is 0 Å². The number of hydrogen-bond donors (Lipinski definition) is 3. The molecule has 122 valence electrons. The molecule has 3 rings (SSSR count). The van der Waals surface area contributed by atoms with Gasteiger partial charge in [-0.3, -0.25) is 9.59 Å². The Kier molecular flexibility index (Phi) is 4.91. The van der Waals surface area contributed by atoms with Gasteiger partial charge in [0.1, 0.15) is 5.69 Å². The molecule has 0 aliphatic carbocycles. The number of fused-ring (bicyclic) bond motifs is 1. The van der Waals surface area contributed by atoms with Crippen LogP contribution in [0.3, 0.4) is 0 Å². The number of carbonyl (C=O) groups excluding carboxylic acids is 2. The lowest BCUT2D eigenvalue weighted by molar-refractivity contribution is 0.0948. The Bertz CT molecular complexity index is 807. The minimum absolute atomic E-state index is 0.0995. The molecule has 0 fully saturated rings. The van der Waals surface area contributed by atoms with Gasteiger partial charge in [-0.2, -0.15) is 0 Å². The van der Waals surface area contributed by atoms with Crippen LogP contribution in [0, 0.1) is 0 Å². The lowest BCUT2D eigenvalue weighted by Gasteiger charge is -2.06. The first-order chi connectivity index (χ1) is 11.7. The number of H-pyrrole nitrogens is 1. The van der Waals surface area contributed by atoms with Gasteiger partial charge >= 0.3 is 0 Å². The third-order valence-corrected chi connectivity index (χ3v) is 3.74. The van der Waals surface area contributed by atoms with Crippen molar-refractivity contribution >= 4 is 22.7 Å². The predicted molar refractivity (Wildman–Crippen MR) is 94.0 cm³/mol. The average molecular weight is 321 g/mol. The molecule has 1 aromatic heterocycles. The van der Waals surface area contributed by atoms with Crippen LogP contribution in [-0.4, -0.2) is 29.9 Å². The second-order valence-electron chi connectivity index (χ2n) is 5.50. The van der Waals surface area contributed by atoms with Crippen molar-refractivity contribution in [1.82, 2.24) is 15.6 Å². The van der Waals surface area contributed by atoms with Gasteiger partial charge in [-0.15, -0.1) is 0 Å². The van der Waals surface area contributed by atoms with Gasteiger partial charge in [0.15, 0.2) is 0 Å². The predicted octanol–water partition coefficient (Wildman–Crippen LogP) is 2.72. The minimum Gasteiger partial charge on any atom is -0.352 e. The van der Waals surface area contributed by atoms with Crippen LogP contribution in [0.1, 0.15) is 27.3 Å². The van der Waals surface area contributed by atoms with Gasteiger partial charge in [0.05, 0.1) is 0 Å². The number of aromatic nitrogens is 1. The fourth-order valence-electron chi connectivity index (χ4n) is 2.47. The Hall–Kier alpha value is -3.08. The van der Waals surface area contributed by atoms with E-state index < -0.39 is 0 Å². The summed E-state index contributed by atoms with van der Waals surface area (Å²) in [6.45, 7) is 1.02. The summed E-state index contributed by atoms with van der Waals surface area (Å²) >= 11 is 0. The fourth-order valence-corrected chi connectivity index (χ4v) is 2.47. The molecule has 2 amide bonds. The molecule has 5 heteroatoms. The smallest absolute Gasteiger partial charge is 0.267 e. The third kappa shape index (κ3) is 3.81. The van der Waals surface area contributed by atoms with Crippen LogP contribution in [0.5, 0.6) is 0 Å². The van der Waals surface area contributed by atoms with Gasteiger partial charge in [0.2, 0.25) is 0 Å². The molecule has 3 aromatic rings. The zero-order valence-corrected chi connectivity index (χ0v) is 13.2. The first kappa shape index (κ1) is 15.8. The number of carbonyl (C=O) groups is 2. The molecule has 0 saturated carbocycles. The Balaban J connectivity index is 1.41. The Morgan fingerprint density at radius 2 is 1.50 bits per heavy atom. The average Bonchev–Trinajstić information content (AvgIpc) is 3.06. The summed E-state index contributed by atoms with van der Waals surface area (Å²) in [7, 11) is 0. The lowest BCUT2D eigenvalue weighted by Crippen LogP contribution is -2.30. The van der Waals surface area contributed by atoms with E-state index in [0.717, 1.165) is 10.9 Å². The summed E-state index contributed by atoms with van der Waals surface area (Å²) in [4.78, 5) is 27.1. The molecule has 0 unspecified atom stereocenters. The van der Waals surface area contributed by atoms with Crippen molar-refractivity contribution in [1.29, 1.82) is 0 Å². The highest BCUT2D eigenvalue weighted by Crippen LogP contribution is 2.14. The molecule has 2 aromatic carbocycles. The summed E-state index contributed by atoms with van der Waals surface area (Å²) in [6.07, 6.45) is 0.671. The fraction of sp³-hybridized carbons (Fsp3) is 0.158. The van der Waals surface area contributed by atoms with Crippen molar-refractivity contribution < 1.29 is 9.59 Å². The molecular weight excluding hydrogens is 302 g/mol. The molecule has 0 bridgehead atoms. The van der Waals surface area contributed by atoms with Crippen molar-refractivity contribution in [2.24, 2.45) is 0 Å². The van der Waals surface area contributed by atoms with Gasteiger partial charge in [-0.05, 0) is 30.7 Å². The van der Waals surface area contributed by atoms with E-state index in [1.54, 1.807) is 12.1 Å². The zero-order chi connectivity index (χ0) is 16.8. The molecule has 0 spiro atoms. The summed E-state index contributed by atoms with van der Waals surface area (Å²) in [6, 6.07) is 18.7. The minimum atomic E-state index is -0.138. The van der Waals surface area contributed by atoms with Crippen molar-refractivity contribution in [2.75, 3.05) is 13.1 Å². The molecular formula is C19H19N3O2. The van der Waals surface area contributed by atoms with Crippen LogP contribution >= 0.6 is 0 Å². The maximum atomic E-state index is 12.1.